The van der Waals surface area contributed by atoms with Gasteiger partial charge in [0.05, 0.1) is 29.1 Å². The zero-order valence-electron chi connectivity index (χ0n) is 18.0. The van der Waals surface area contributed by atoms with Crippen molar-refractivity contribution in [2.24, 2.45) is 0 Å². The van der Waals surface area contributed by atoms with Crippen LogP contribution < -0.4 is 10.6 Å². The first kappa shape index (κ1) is 23.6. The highest BCUT2D eigenvalue weighted by atomic mass is 35.5. The summed E-state index contributed by atoms with van der Waals surface area (Å²) in [4.78, 5) is 0. The van der Waals surface area contributed by atoms with Crippen molar-refractivity contribution in [3.05, 3.63) is 64.2 Å². The number of thiocarbonyl (C=S) groups is 1. The Morgan fingerprint density at radius 2 is 2.03 bits per heavy atom. The molecule has 0 spiro atoms. The number of nitrogens with zero attached hydrogens (tertiary/aromatic N) is 4. The van der Waals surface area contributed by atoms with Gasteiger partial charge in [-0.1, -0.05) is 35.9 Å². The molecule has 2 heterocycles. The molecule has 6 nitrogen and oxygen atoms in total. The normalized spacial score (nSPS) is 13.8. The highest BCUT2D eigenvalue weighted by molar-refractivity contribution is 7.80. The Morgan fingerprint density at radius 1 is 1.27 bits per heavy atom. The molecule has 0 atom stereocenters. The van der Waals surface area contributed by atoms with Gasteiger partial charge in [-0.3, -0.25) is 9.36 Å². The Hall–Kier alpha value is -2.59. The summed E-state index contributed by atoms with van der Waals surface area (Å²) in [7, 11) is 0. The molecule has 0 aliphatic heterocycles. The Labute approximate surface area is 200 Å². The van der Waals surface area contributed by atoms with Crippen LogP contribution in [-0.4, -0.2) is 31.2 Å². The summed E-state index contributed by atoms with van der Waals surface area (Å²) < 4.78 is 42.7. The number of aryl methyl sites for hydroxylation is 2. The van der Waals surface area contributed by atoms with Gasteiger partial charge < -0.3 is 10.6 Å². The Kier molecular flexibility index (Phi) is 6.94. The Morgan fingerprint density at radius 3 is 2.73 bits per heavy atom. The standard InChI is InChI=1S/C22H24ClF3N6S/c1-14-5-2-3-6-16(14)12-31-13-17(11-28-31)29-21(33)27-9-4-10-32-19(15-7-8-15)18(23)20(30-32)22(24,25)26/h2-3,5-6,11,13,15H,4,7-10,12H2,1H3,(H2,27,29,33). The summed E-state index contributed by atoms with van der Waals surface area (Å²) in [5, 5.41) is 14.4. The third-order valence-corrected chi connectivity index (χ3v) is 6.10. The van der Waals surface area contributed by atoms with E-state index in [0.717, 1.165) is 18.5 Å². The molecule has 1 saturated carbocycles. The van der Waals surface area contributed by atoms with Crippen molar-refractivity contribution >= 4 is 34.6 Å². The van der Waals surface area contributed by atoms with E-state index in [0.29, 0.717) is 36.9 Å². The molecule has 33 heavy (non-hydrogen) atoms. The van der Waals surface area contributed by atoms with E-state index in [1.807, 2.05) is 23.0 Å². The summed E-state index contributed by atoms with van der Waals surface area (Å²) in [6.45, 7) is 3.52. The average molecular weight is 497 g/mol. The van der Waals surface area contributed by atoms with Crippen LogP contribution in [-0.2, 0) is 19.3 Å². The molecule has 2 aromatic heterocycles. The average Bonchev–Trinajstić information content (AvgIpc) is 3.39. The van der Waals surface area contributed by atoms with Crippen molar-refractivity contribution < 1.29 is 13.2 Å². The number of rotatable bonds is 8. The first-order valence-electron chi connectivity index (χ1n) is 10.7. The minimum atomic E-state index is -4.56. The summed E-state index contributed by atoms with van der Waals surface area (Å²) in [5.74, 6) is 0.0630. The molecule has 0 amide bonds. The molecular weight excluding hydrogens is 473 g/mol. The fourth-order valence-electron chi connectivity index (χ4n) is 3.63. The van der Waals surface area contributed by atoms with Crippen molar-refractivity contribution in [3.8, 4) is 0 Å². The minimum absolute atomic E-state index is 0.0630. The molecule has 176 valence electrons. The number of nitrogens with one attached hydrogen (secondary N) is 2. The molecule has 2 N–H and O–H groups in total. The SMILES string of the molecule is Cc1ccccc1Cn1cc(NC(=S)NCCCn2nc(C(F)(F)F)c(Cl)c2C2CC2)cn1. The van der Waals surface area contributed by atoms with E-state index in [9.17, 15) is 13.2 Å². The smallest absolute Gasteiger partial charge is 0.362 e. The second kappa shape index (κ2) is 9.72. The molecular formula is C22H24ClF3N6S. The van der Waals surface area contributed by atoms with Gasteiger partial charge in [-0.2, -0.15) is 23.4 Å². The number of alkyl halides is 3. The van der Waals surface area contributed by atoms with Crippen LogP contribution in [0.1, 0.15) is 47.7 Å². The summed E-state index contributed by atoms with van der Waals surface area (Å²) in [6.07, 6.45) is 1.23. The van der Waals surface area contributed by atoms with Crippen LogP contribution in [0.5, 0.6) is 0 Å². The van der Waals surface area contributed by atoms with Gasteiger partial charge in [-0.05, 0) is 49.5 Å². The molecule has 3 aromatic rings. The molecule has 0 unspecified atom stereocenters. The molecule has 1 aliphatic carbocycles. The van der Waals surface area contributed by atoms with Gasteiger partial charge in [0.25, 0.3) is 0 Å². The van der Waals surface area contributed by atoms with Crippen molar-refractivity contribution in [1.29, 1.82) is 0 Å². The van der Waals surface area contributed by atoms with Crippen LogP contribution in [0.3, 0.4) is 0 Å². The first-order chi connectivity index (χ1) is 15.7. The highest BCUT2D eigenvalue weighted by Gasteiger charge is 2.41. The van der Waals surface area contributed by atoms with Crippen LogP contribution in [0.4, 0.5) is 18.9 Å². The maximum absolute atomic E-state index is 13.2. The van der Waals surface area contributed by atoms with Gasteiger partial charge in [0.2, 0.25) is 0 Å². The van der Waals surface area contributed by atoms with Gasteiger partial charge in [0.15, 0.2) is 10.8 Å². The number of hydrogen-bond acceptors (Lipinski definition) is 3. The lowest BCUT2D eigenvalue weighted by atomic mass is 10.1. The van der Waals surface area contributed by atoms with Crippen molar-refractivity contribution in [1.82, 2.24) is 24.9 Å². The number of hydrogen-bond donors (Lipinski definition) is 2. The van der Waals surface area contributed by atoms with Crippen LogP contribution in [0.15, 0.2) is 36.7 Å². The van der Waals surface area contributed by atoms with E-state index in [1.54, 1.807) is 6.20 Å². The summed E-state index contributed by atoms with van der Waals surface area (Å²) in [6, 6.07) is 8.13. The zero-order chi connectivity index (χ0) is 23.6. The summed E-state index contributed by atoms with van der Waals surface area (Å²) in [5.41, 5.74) is 2.63. The van der Waals surface area contributed by atoms with Crippen LogP contribution in [0, 0.1) is 6.92 Å². The largest absolute Gasteiger partial charge is 0.436 e. The van der Waals surface area contributed by atoms with Gasteiger partial charge in [0.1, 0.15) is 0 Å². The van der Waals surface area contributed by atoms with Crippen molar-refractivity contribution in [3.63, 3.8) is 0 Å². The predicted octanol–water partition coefficient (Wildman–Crippen LogP) is 5.36. The van der Waals surface area contributed by atoms with E-state index in [2.05, 4.69) is 39.9 Å². The van der Waals surface area contributed by atoms with Crippen LogP contribution in [0.25, 0.3) is 0 Å². The molecule has 0 bridgehead atoms. The van der Waals surface area contributed by atoms with E-state index in [1.165, 1.54) is 15.8 Å². The molecule has 1 aromatic carbocycles. The lowest BCUT2D eigenvalue weighted by Gasteiger charge is -2.10. The molecule has 11 heteroatoms. The minimum Gasteiger partial charge on any atom is -0.362 e. The van der Waals surface area contributed by atoms with Gasteiger partial charge in [0, 0.05) is 25.2 Å². The maximum atomic E-state index is 13.2. The number of benzene rings is 1. The van der Waals surface area contributed by atoms with Gasteiger partial charge >= 0.3 is 6.18 Å². The van der Waals surface area contributed by atoms with Crippen molar-refractivity contribution in [2.75, 3.05) is 11.9 Å². The second-order valence-electron chi connectivity index (χ2n) is 8.13. The highest BCUT2D eigenvalue weighted by Crippen LogP contribution is 2.46. The monoisotopic (exact) mass is 496 g/mol. The lowest BCUT2D eigenvalue weighted by molar-refractivity contribution is -0.141. The maximum Gasteiger partial charge on any atom is 0.436 e. The van der Waals surface area contributed by atoms with E-state index in [4.69, 9.17) is 23.8 Å². The second-order valence-corrected chi connectivity index (χ2v) is 8.92. The van der Waals surface area contributed by atoms with Crippen LogP contribution in [0.2, 0.25) is 5.02 Å². The molecule has 4 rings (SSSR count). The van der Waals surface area contributed by atoms with E-state index in [-0.39, 0.29) is 10.9 Å². The topological polar surface area (TPSA) is 59.7 Å². The zero-order valence-corrected chi connectivity index (χ0v) is 19.6. The van der Waals surface area contributed by atoms with Gasteiger partial charge in [-0.25, -0.2) is 0 Å². The van der Waals surface area contributed by atoms with E-state index < -0.39 is 11.9 Å². The predicted molar refractivity (Wildman–Crippen MR) is 126 cm³/mol. The Balaban J connectivity index is 1.26. The molecule has 0 saturated heterocycles. The lowest BCUT2D eigenvalue weighted by Crippen LogP contribution is -2.29. The van der Waals surface area contributed by atoms with E-state index >= 15 is 0 Å². The first-order valence-corrected chi connectivity index (χ1v) is 11.5. The molecule has 0 radical (unpaired) electrons. The Bertz CT molecular complexity index is 1140. The fraction of sp³-hybridized carbons (Fsp3) is 0.409. The fourth-order valence-corrected chi connectivity index (χ4v) is 4.25. The number of halogens is 4. The molecule has 1 aliphatic rings. The molecule has 1 fully saturated rings. The summed E-state index contributed by atoms with van der Waals surface area (Å²) >= 11 is 11.3. The van der Waals surface area contributed by atoms with Crippen LogP contribution >= 0.6 is 23.8 Å². The number of anilines is 1. The van der Waals surface area contributed by atoms with Crippen molar-refractivity contribution in [2.45, 2.75) is 51.4 Å². The third kappa shape index (κ3) is 5.86. The number of aromatic nitrogens is 4. The quantitative estimate of drug-likeness (QED) is 0.324. The third-order valence-electron chi connectivity index (χ3n) is 5.48. The van der Waals surface area contributed by atoms with Gasteiger partial charge in [-0.15, -0.1) is 0 Å².